The molecule has 0 aliphatic heterocycles. The van der Waals surface area contributed by atoms with Gasteiger partial charge in [-0.25, -0.2) is 4.98 Å². The zero-order valence-electron chi connectivity index (χ0n) is 9.61. The first-order chi connectivity index (χ1) is 7.12. The van der Waals surface area contributed by atoms with Crippen LogP contribution in [0.2, 0.25) is 0 Å². The summed E-state index contributed by atoms with van der Waals surface area (Å²) < 4.78 is 2.22. The quantitative estimate of drug-likeness (QED) is 0.814. The van der Waals surface area contributed by atoms with Crippen molar-refractivity contribution in [3.05, 3.63) is 12.5 Å². The van der Waals surface area contributed by atoms with Crippen LogP contribution in [0.25, 0.3) is 0 Å². The fourth-order valence-electron chi connectivity index (χ4n) is 2.72. The number of nitrogen functional groups attached to an aromatic ring is 1. The van der Waals surface area contributed by atoms with Gasteiger partial charge in [0.1, 0.15) is 5.82 Å². The third kappa shape index (κ3) is 2.00. The summed E-state index contributed by atoms with van der Waals surface area (Å²) in [5.74, 6) is 0.625. The number of hydrogen-bond acceptors (Lipinski definition) is 3. The van der Waals surface area contributed by atoms with Gasteiger partial charge >= 0.3 is 0 Å². The molecule has 0 spiro atoms. The Kier molecular flexibility index (Phi) is 2.69. The minimum Gasteiger partial charge on any atom is -0.382 e. The second-order valence-electron chi connectivity index (χ2n) is 4.88. The lowest BCUT2D eigenvalue weighted by atomic mass is 9.97. The van der Waals surface area contributed by atoms with Crippen molar-refractivity contribution in [2.24, 2.45) is 0 Å². The van der Waals surface area contributed by atoms with Crippen LogP contribution in [0, 0.1) is 0 Å². The van der Waals surface area contributed by atoms with Gasteiger partial charge < -0.3 is 15.2 Å². The third-order valence-electron chi connectivity index (χ3n) is 3.30. The van der Waals surface area contributed by atoms with Crippen molar-refractivity contribution < 1.29 is 0 Å². The Bertz CT molecular complexity index is 323. The summed E-state index contributed by atoms with van der Waals surface area (Å²) in [5, 5.41) is 0. The first-order valence-corrected chi connectivity index (χ1v) is 5.57. The molecule has 1 heterocycles. The van der Waals surface area contributed by atoms with Crippen LogP contribution in [0.3, 0.4) is 0 Å². The number of hydrogen-bond donors (Lipinski definition) is 1. The summed E-state index contributed by atoms with van der Waals surface area (Å²) in [4.78, 5) is 6.39. The van der Waals surface area contributed by atoms with Crippen molar-refractivity contribution in [1.82, 2.24) is 14.5 Å². The largest absolute Gasteiger partial charge is 0.382 e. The Balaban J connectivity index is 2.26. The molecule has 84 valence electrons. The highest BCUT2D eigenvalue weighted by molar-refractivity contribution is 5.24. The maximum atomic E-state index is 5.69. The normalized spacial score (nSPS) is 19.9. The molecule has 2 rings (SSSR count). The van der Waals surface area contributed by atoms with Gasteiger partial charge in [0.2, 0.25) is 0 Å². The average molecular weight is 208 g/mol. The van der Waals surface area contributed by atoms with Crippen LogP contribution in [0.4, 0.5) is 5.82 Å². The van der Waals surface area contributed by atoms with E-state index >= 15 is 0 Å². The monoisotopic (exact) mass is 208 g/mol. The first kappa shape index (κ1) is 10.5. The minimum atomic E-state index is 0.230. The molecular formula is C11H20N4. The highest BCUT2D eigenvalue weighted by Gasteiger charge is 2.35. The van der Waals surface area contributed by atoms with Crippen molar-refractivity contribution in [2.75, 3.05) is 26.4 Å². The third-order valence-corrected chi connectivity index (χ3v) is 3.30. The van der Waals surface area contributed by atoms with E-state index in [2.05, 4.69) is 28.5 Å². The van der Waals surface area contributed by atoms with E-state index < -0.39 is 0 Å². The van der Waals surface area contributed by atoms with Crippen LogP contribution in [0.1, 0.15) is 25.7 Å². The minimum absolute atomic E-state index is 0.230. The van der Waals surface area contributed by atoms with Crippen LogP contribution in [0.5, 0.6) is 0 Å². The molecule has 1 aromatic rings. The van der Waals surface area contributed by atoms with Crippen molar-refractivity contribution >= 4 is 5.82 Å². The predicted molar refractivity (Wildman–Crippen MR) is 61.6 cm³/mol. The van der Waals surface area contributed by atoms with Crippen LogP contribution < -0.4 is 5.73 Å². The van der Waals surface area contributed by atoms with Crippen molar-refractivity contribution in [3.63, 3.8) is 0 Å². The van der Waals surface area contributed by atoms with Crippen molar-refractivity contribution in [1.29, 1.82) is 0 Å². The molecule has 1 aliphatic rings. The molecule has 1 saturated carbocycles. The number of rotatable bonds is 3. The molecule has 4 nitrogen and oxygen atoms in total. The molecule has 0 bridgehead atoms. The summed E-state index contributed by atoms with van der Waals surface area (Å²) in [7, 11) is 4.25. The molecule has 0 unspecified atom stereocenters. The van der Waals surface area contributed by atoms with Gasteiger partial charge in [-0.15, -0.1) is 0 Å². The van der Waals surface area contributed by atoms with Gasteiger partial charge in [-0.2, -0.15) is 0 Å². The molecule has 1 aromatic heterocycles. The van der Waals surface area contributed by atoms with Gasteiger partial charge in [-0.05, 0) is 26.9 Å². The molecule has 0 saturated heterocycles. The zero-order valence-corrected chi connectivity index (χ0v) is 9.61. The van der Waals surface area contributed by atoms with E-state index in [1.807, 2.05) is 12.5 Å². The number of nitrogens with two attached hydrogens (primary N) is 1. The first-order valence-electron chi connectivity index (χ1n) is 5.57. The van der Waals surface area contributed by atoms with E-state index in [9.17, 15) is 0 Å². The van der Waals surface area contributed by atoms with Gasteiger partial charge in [0, 0.05) is 12.7 Å². The van der Waals surface area contributed by atoms with Gasteiger partial charge in [-0.3, -0.25) is 0 Å². The van der Waals surface area contributed by atoms with Crippen LogP contribution >= 0.6 is 0 Å². The van der Waals surface area contributed by atoms with Gasteiger partial charge in [0.05, 0.1) is 11.9 Å². The van der Waals surface area contributed by atoms with Crippen LogP contribution in [-0.2, 0) is 5.54 Å². The molecule has 0 radical (unpaired) electrons. The maximum Gasteiger partial charge on any atom is 0.141 e. The Morgan fingerprint density at radius 1 is 1.47 bits per heavy atom. The van der Waals surface area contributed by atoms with Gasteiger partial charge in [0.15, 0.2) is 0 Å². The molecule has 0 aromatic carbocycles. The molecule has 4 heteroatoms. The standard InChI is InChI=1S/C11H20N4/c1-14(2)8-11(5-3-4-6-11)15-7-10(12)13-9-15/h7,9H,3-6,8,12H2,1-2H3. The van der Waals surface area contributed by atoms with Crippen molar-refractivity contribution in [2.45, 2.75) is 31.2 Å². The van der Waals surface area contributed by atoms with E-state index in [0.29, 0.717) is 5.82 Å². The summed E-state index contributed by atoms with van der Waals surface area (Å²) in [6.45, 7) is 1.07. The van der Waals surface area contributed by atoms with E-state index in [1.54, 1.807) is 0 Å². The summed E-state index contributed by atoms with van der Waals surface area (Å²) >= 11 is 0. The molecule has 2 N–H and O–H groups in total. The topological polar surface area (TPSA) is 47.1 Å². The number of imidazole rings is 1. The Labute approximate surface area is 91.1 Å². The van der Waals surface area contributed by atoms with E-state index in [1.165, 1.54) is 25.7 Å². The number of likely N-dealkylation sites (N-methyl/N-ethyl adjacent to an activating group) is 1. The molecule has 1 fully saturated rings. The SMILES string of the molecule is CN(C)CC1(n2cnc(N)c2)CCCC1. The number of anilines is 1. The summed E-state index contributed by atoms with van der Waals surface area (Å²) in [6, 6.07) is 0. The summed E-state index contributed by atoms with van der Waals surface area (Å²) in [6.07, 6.45) is 8.94. The Hall–Kier alpha value is -1.03. The lowest BCUT2D eigenvalue weighted by Crippen LogP contribution is -2.40. The molecule has 0 amide bonds. The molecular weight excluding hydrogens is 188 g/mol. The highest BCUT2D eigenvalue weighted by atomic mass is 15.2. The van der Waals surface area contributed by atoms with E-state index in [-0.39, 0.29) is 5.54 Å². The average Bonchev–Trinajstić information content (AvgIpc) is 2.73. The Morgan fingerprint density at radius 3 is 2.60 bits per heavy atom. The van der Waals surface area contributed by atoms with E-state index in [0.717, 1.165) is 6.54 Å². The summed E-state index contributed by atoms with van der Waals surface area (Å²) in [5.41, 5.74) is 5.92. The van der Waals surface area contributed by atoms with Crippen LogP contribution in [0.15, 0.2) is 12.5 Å². The van der Waals surface area contributed by atoms with E-state index in [4.69, 9.17) is 5.73 Å². The fraction of sp³-hybridized carbons (Fsp3) is 0.727. The number of nitrogens with zero attached hydrogens (tertiary/aromatic N) is 3. The molecule has 0 atom stereocenters. The maximum absolute atomic E-state index is 5.69. The van der Waals surface area contributed by atoms with Gasteiger partial charge in [-0.1, -0.05) is 12.8 Å². The molecule has 1 aliphatic carbocycles. The lowest BCUT2D eigenvalue weighted by molar-refractivity contribution is 0.204. The second-order valence-corrected chi connectivity index (χ2v) is 4.88. The lowest BCUT2D eigenvalue weighted by Gasteiger charge is -2.33. The van der Waals surface area contributed by atoms with Crippen molar-refractivity contribution in [3.8, 4) is 0 Å². The predicted octanol–water partition coefficient (Wildman–Crippen LogP) is 1.30. The number of aromatic nitrogens is 2. The Morgan fingerprint density at radius 2 is 2.13 bits per heavy atom. The van der Waals surface area contributed by atoms with Crippen LogP contribution in [-0.4, -0.2) is 35.1 Å². The van der Waals surface area contributed by atoms with Gasteiger partial charge in [0.25, 0.3) is 0 Å². The smallest absolute Gasteiger partial charge is 0.141 e. The second kappa shape index (κ2) is 3.85. The fourth-order valence-corrected chi connectivity index (χ4v) is 2.72. The highest BCUT2D eigenvalue weighted by Crippen LogP contribution is 2.37. The molecule has 15 heavy (non-hydrogen) atoms. The zero-order chi connectivity index (χ0) is 10.9.